The molecular formula is C14H27N3O. The van der Waals surface area contributed by atoms with Gasteiger partial charge in [-0.2, -0.15) is 0 Å². The second kappa shape index (κ2) is 7.41. The molecule has 0 fully saturated rings. The van der Waals surface area contributed by atoms with E-state index < -0.39 is 0 Å². The Morgan fingerprint density at radius 2 is 2.06 bits per heavy atom. The van der Waals surface area contributed by atoms with E-state index in [1.54, 1.807) is 7.11 Å². The Hall–Kier alpha value is -1.03. The molecular weight excluding hydrogens is 226 g/mol. The maximum Gasteiger partial charge on any atom is 0.203 e. The number of aryl methyl sites for hydroxylation is 1. The van der Waals surface area contributed by atoms with Gasteiger partial charge in [-0.1, -0.05) is 26.7 Å². The van der Waals surface area contributed by atoms with E-state index in [2.05, 4.69) is 41.8 Å². The molecule has 0 bridgehead atoms. The van der Waals surface area contributed by atoms with E-state index in [-0.39, 0.29) is 6.04 Å². The van der Waals surface area contributed by atoms with Gasteiger partial charge in [0.2, 0.25) is 5.95 Å². The summed E-state index contributed by atoms with van der Waals surface area (Å²) in [6.07, 6.45) is 4.54. The lowest BCUT2D eigenvalue weighted by molar-refractivity contribution is 0.190. The molecule has 0 aromatic carbocycles. The van der Waals surface area contributed by atoms with E-state index in [0.29, 0.717) is 6.61 Å². The molecule has 0 saturated heterocycles. The molecule has 1 atom stereocenters. The highest BCUT2D eigenvalue weighted by molar-refractivity contribution is 5.30. The first-order valence-electron chi connectivity index (χ1n) is 6.89. The van der Waals surface area contributed by atoms with Crippen LogP contribution in [0.15, 0.2) is 6.20 Å². The number of methoxy groups -OCH3 is 1. The lowest BCUT2D eigenvalue weighted by atomic mass is 10.0. The highest BCUT2D eigenvalue weighted by Gasteiger charge is 2.12. The third kappa shape index (κ3) is 4.33. The molecule has 1 heterocycles. The number of ether oxygens (including phenoxy) is 1. The highest BCUT2D eigenvalue weighted by Crippen LogP contribution is 2.16. The van der Waals surface area contributed by atoms with E-state index in [0.717, 1.165) is 24.1 Å². The van der Waals surface area contributed by atoms with Gasteiger partial charge in [0, 0.05) is 25.9 Å². The maximum atomic E-state index is 5.15. The first kappa shape index (κ1) is 15.0. The van der Waals surface area contributed by atoms with Crippen LogP contribution in [0.2, 0.25) is 0 Å². The first-order chi connectivity index (χ1) is 8.60. The number of aromatic nitrogens is 2. The molecule has 1 unspecified atom stereocenters. The van der Waals surface area contributed by atoms with Gasteiger partial charge in [-0.15, -0.1) is 0 Å². The Bertz CT molecular complexity index is 345. The molecule has 1 aromatic rings. The molecule has 1 aromatic heterocycles. The van der Waals surface area contributed by atoms with Crippen molar-refractivity contribution in [3.8, 4) is 0 Å². The topological polar surface area (TPSA) is 39.1 Å². The van der Waals surface area contributed by atoms with Gasteiger partial charge in [0.05, 0.1) is 12.3 Å². The van der Waals surface area contributed by atoms with Gasteiger partial charge in [0.25, 0.3) is 0 Å². The molecule has 0 radical (unpaired) electrons. The smallest absolute Gasteiger partial charge is 0.203 e. The van der Waals surface area contributed by atoms with E-state index in [9.17, 15) is 0 Å². The SMILES string of the molecule is CCC(CC)Cn1cc(C)nc1NC(C)COC. The van der Waals surface area contributed by atoms with Crippen molar-refractivity contribution in [1.29, 1.82) is 0 Å². The minimum Gasteiger partial charge on any atom is -0.383 e. The van der Waals surface area contributed by atoms with Crippen LogP contribution in [-0.2, 0) is 11.3 Å². The zero-order valence-corrected chi connectivity index (χ0v) is 12.4. The number of nitrogens with one attached hydrogen (secondary N) is 1. The molecule has 4 heteroatoms. The van der Waals surface area contributed by atoms with Crippen molar-refractivity contribution in [2.75, 3.05) is 19.0 Å². The predicted octanol–water partition coefficient (Wildman–Crippen LogP) is 3.07. The van der Waals surface area contributed by atoms with E-state index in [1.165, 1.54) is 12.8 Å². The Morgan fingerprint density at radius 3 is 2.61 bits per heavy atom. The normalized spacial score (nSPS) is 13.0. The Labute approximate surface area is 111 Å². The molecule has 0 aliphatic carbocycles. The molecule has 0 aliphatic rings. The third-order valence-corrected chi connectivity index (χ3v) is 3.30. The van der Waals surface area contributed by atoms with Crippen molar-refractivity contribution in [2.24, 2.45) is 5.92 Å². The van der Waals surface area contributed by atoms with Crippen molar-refractivity contribution in [3.05, 3.63) is 11.9 Å². The minimum absolute atomic E-state index is 0.275. The maximum absolute atomic E-state index is 5.15. The molecule has 0 spiro atoms. The summed E-state index contributed by atoms with van der Waals surface area (Å²) in [6.45, 7) is 10.4. The van der Waals surface area contributed by atoms with Crippen LogP contribution in [0.5, 0.6) is 0 Å². The van der Waals surface area contributed by atoms with Crippen LogP contribution in [0.1, 0.15) is 39.3 Å². The average molecular weight is 253 g/mol. The van der Waals surface area contributed by atoms with E-state index in [1.807, 2.05) is 6.92 Å². The van der Waals surface area contributed by atoms with Crippen LogP contribution in [0.3, 0.4) is 0 Å². The van der Waals surface area contributed by atoms with Crippen LogP contribution in [-0.4, -0.2) is 29.3 Å². The number of imidazole rings is 1. The fourth-order valence-electron chi connectivity index (χ4n) is 2.14. The third-order valence-electron chi connectivity index (χ3n) is 3.30. The summed E-state index contributed by atoms with van der Waals surface area (Å²) in [6, 6.07) is 0.275. The molecule has 0 amide bonds. The van der Waals surface area contributed by atoms with E-state index in [4.69, 9.17) is 4.74 Å². The zero-order chi connectivity index (χ0) is 13.5. The van der Waals surface area contributed by atoms with Crippen molar-refractivity contribution in [3.63, 3.8) is 0 Å². The summed E-state index contributed by atoms with van der Waals surface area (Å²) in [5, 5.41) is 3.41. The average Bonchev–Trinajstić information content (AvgIpc) is 2.66. The molecule has 4 nitrogen and oxygen atoms in total. The van der Waals surface area contributed by atoms with Crippen molar-refractivity contribution in [2.45, 2.75) is 53.1 Å². The standard InChI is InChI=1S/C14H27N3O/c1-6-13(7-2)9-17-8-11(3)15-14(17)16-12(4)10-18-5/h8,12-13H,6-7,9-10H2,1-5H3,(H,15,16). The number of anilines is 1. The Kier molecular flexibility index (Phi) is 6.19. The van der Waals surface area contributed by atoms with Crippen LogP contribution in [0, 0.1) is 12.8 Å². The van der Waals surface area contributed by atoms with Crippen LogP contribution in [0.4, 0.5) is 5.95 Å². The molecule has 0 saturated carbocycles. The lowest BCUT2D eigenvalue weighted by Crippen LogP contribution is -2.24. The summed E-state index contributed by atoms with van der Waals surface area (Å²) in [5.41, 5.74) is 1.06. The van der Waals surface area contributed by atoms with Gasteiger partial charge in [-0.05, 0) is 19.8 Å². The summed E-state index contributed by atoms with van der Waals surface area (Å²) >= 11 is 0. The minimum atomic E-state index is 0.275. The molecule has 0 aliphatic heterocycles. The van der Waals surface area contributed by atoms with E-state index >= 15 is 0 Å². The molecule has 1 rings (SSSR count). The van der Waals surface area contributed by atoms with Gasteiger partial charge in [-0.25, -0.2) is 4.98 Å². The largest absolute Gasteiger partial charge is 0.383 e. The fraction of sp³-hybridized carbons (Fsp3) is 0.786. The summed E-state index contributed by atoms with van der Waals surface area (Å²) in [7, 11) is 1.72. The monoisotopic (exact) mass is 253 g/mol. The second-order valence-corrected chi connectivity index (χ2v) is 5.04. The molecule has 18 heavy (non-hydrogen) atoms. The molecule has 1 N–H and O–H groups in total. The fourth-order valence-corrected chi connectivity index (χ4v) is 2.14. The summed E-state index contributed by atoms with van der Waals surface area (Å²) < 4.78 is 7.38. The van der Waals surface area contributed by atoms with Crippen molar-refractivity contribution < 1.29 is 4.74 Å². The molecule has 104 valence electrons. The Balaban J connectivity index is 2.72. The van der Waals surface area contributed by atoms with Crippen LogP contribution < -0.4 is 5.32 Å². The number of rotatable bonds is 8. The summed E-state index contributed by atoms with van der Waals surface area (Å²) in [5.74, 6) is 1.68. The van der Waals surface area contributed by atoms with Crippen LogP contribution >= 0.6 is 0 Å². The van der Waals surface area contributed by atoms with Crippen LogP contribution in [0.25, 0.3) is 0 Å². The predicted molar refractivity (Wildman–Crippen MR) is 76.0 cm³/mol. The number of nitrogens with zero attached hydrogens (tertiary/aromatic N) is 2. The quantitative estimate of drug-likeness (QED) is 0.774. The first-order valence-corrected chi connectivity index (χ1v) is 6.89. The zero-order valence-electron chi connectivity index (χ0n) is 12.4. The highest BCUT2D eigenvalue weighted by atomic mass is 16.5. The lowest BCUT2D eigenvalue weighted by Gasteiger charge is -2.18. The van der Waals surface area contributed by atoms with Crippen molar-refractivity contribution >= 4 is 5.95 Å². The number of hydrogen-bond acceptors (Lipinski definition) is 3. The van der Waals surface area contributed by atoms with Crippen molar-refractivity contribution in [1.82, 2.24) is 9.55 Å². The summed E-state index contributed by atoms with van der Waals surface area (Å²) in [4.78, 5) is 4.55. The van der Waals surface area contributed by atoms with Gasteiger partial charge >= 0.3 is 0 Å². The van der Waals surface area contributed by atoms with Gasteiger partial charge in [0.1, 0.15) is 0 Å². The van der Waals surface area contributed by atoms with Gasteiger partial charge in [0.15, 0.2) is 0 Å². The Morgan fingerprint density at radius 1 is 1.39 bits per heavy atom. The van der Waals surface area contributed by atoms with Gasteiger partial charge in [-0.3, -0.25) is 0 Å². The second-order valence-electron chi connectivity index (χ2n) is 5.04. The van der Waals surface area contributed by atoms with Gasteiger partial charge < -0.3 is 14.6 Å². The number of hydrogen-bond donors (Lipinski definition) is 1.